The van der Waals surface area contributed by atoms with Crippen LogP contribution in [-0.2, 0) is 0 Å². The minimum absolute atomic E-state index is 0.350. The number of nitrogens with two attached hydrogens (primary N) is 1. The molecule has 3 aromatic rings. The van der Waals surface area contributed by atoms with Crippen molar-refractivity contribution in [2.45, 2.75) is 0 Å². The number of nitrogens with zero attached hydrogens (tertiary/aromatic N) is 2. The van der Waals surface area contributed by atoms with E-state index in [0.29, 0.717) is 21.7 Å². The van der Waals surface area contributed by atoms with Gasteiger partial charge in [0.1, 0.15) is 0 Å². The van der Waals surface area contributed by atoms with Gasteiger partial charge < -0.3 is 5.73 Å². The third kappa shape index (κ3) is 2.10. The molecule has 19 heavy (non-hydrogen) atoms. The van der Waals surface area contributed by atoms with Crippen molar-refractivity contribution in [1.29, 1.82) is 0 Å². The van der Waals surface area contributed by atoms with Gasteiger partial charge in [0.05, 0.1) is 26.8 Å². The molecule has 3 rings (SSSR count). The van der Waals surface area contributed by atoms with Crippen LogP contribution < -0.4 is 5.73 Å². The molecular formula is C13H8BrCl2N3. The zero-order valence-corrected chi connectivity index (χ0v) is 12.7. The summed E-state index contributed by atoms with van der Waals surface area (Å²) in [5, 5.41) is 1.06. The summed E-state index contributed by atoms with van der Waals surface area (Å²) >= 11 is 15.9. The first-order valence-electron chi connectivity index (χ1n) is 5.46. The van der Waals surface area contributed by atoms with Crippen LogP contribution in [0.5, 0.6) is 0 Å². The molecule has 0 saturated carbocycles. The van der Waals surface area contributed by atoms with E-state index in [0.717, 1.165) is 15.5 Å². The lowest BCUT2D eigenvalue weighted by Crippen LogP contribution is -2.02. The number of hydrogen-bond donors (Lipinski definition) is 1. The summed E-state index contributed by atoms with van der Waals surface area (Å²) in [6.07, 6.45) is 0. The number of anilines is 1. The maximum atomic E-state index is 6.23. The van der Waals surface area contributed by atoms with E-state index in [9.17, 15) is 0 Å². The lowest BCUT2D eigenvalue weighted by Gasteiger charge is -2.10. The fraction of sp³-hybridized carbons (Fsp3) is 0. The molecule has 0 bridgehead atoms. The summed E-state index contributed by atoms with van der Waals surface area (Å²) in [5.41, 5.74) is 8.28. The molecule has 2 N–H and O–H groups in total. The van der Waals surface area contributed by atoms with Gasteiger partial charge in [-0.3, -0.25) is 4.57 Å². The average molecular weight is 357 g/mol. The standard InChI is InChI=1S/C13H8BrCl2N3/c14-7-4-5-11-10(6-7)18-13(17)19(11)12-8(15)2-1-3-9(12)16/h1-6H,(H2,17,18). The number of hydrogen-bond acceptors (Lipinski definition) is 2. The summed E-state index contributed by atoms with van der Waals surface area (Å²) in [6, 6.07) is 11.1. The Bertz CT molecular complexity index is 763. The number of para-hydroxylation sites is 1. The molecule has 0 fully saturated rings. The predicted octanol–water partition coefficient (Wildman–Crippen LogP) is 4.68. The molecule has 0 aliphatic rings. The Balaban J connectivity index is 2.40. The average Bonchev–Trinajstić information content (AvgIpc) is 2.65. The molecule has 2 aromatic carbocycles. The van der Waals surface area contributed by atoms with Gasteiger partial charge in [-0.25, -0.2) is 4.98 Å². The van der Waals surface area contributed by atoms with Gasteiger partial charge in [-0.1, -0.05) is 45.2 Å². The van der Waals surface area contributed by atoms with E-state index in [1.165, 1.54) is 0 Å². The van der Waals surface area contributed by atoms with Crippen molar-refractivity contribution in [2.75, 3.05) is 5.73 Å². The van der Waals surface area contributed by atoms with Crippen molar-refractivity contribution in [3.8, 4) is 5.69 Å². The first kappa shape index (κ1) is 12.8. The lowest BCUT2D eigenvalue weighted by atomic mass is 10.2. The first-order valence-corrected chi connectivity index (χ1v) is 7.00. The second-order valence-corrected chi connectivity index (χ2v) is 5.74. The van der Waals surface area contributed by atoms with E-state index >= 15 is 0 Å². The topological polar surface area (TPSA) is 43.8 Å². The molecule has 6 heteroatoms. The number of aromatic nitrogens is 2. The normalized spacial score (nSPS) is 11.1. The van der Waals surface area contributed by atoms with E-state index in [2.05, 4.69) is 20.9 Å². The summed E-state index contributed by atoms with van der Waals surface area (Å²) in [6.45, 7) is 0. The summed E-state index contributed by atoms with van der Waals surface area (Å²) in [7, 11) is 0. The van der Waals surface area contributed by atoms with Crippen LogP contribution in [-0.4, -0.2) is 9.55 Å². The monoisotopic (exact) mass is 355 g/mol. The summed E-state index contributed by atoms with van der Waals surface area (Å²) in [5.74, 6) is 0.350. The second kappa shape index (κ2) is 4.71. The van der Waals surface area contributed by atoms with Crippen LogP contribution in [0.4, 0.5) is 5.95 Å². The molecule has 1 aromatic heterocycles. The second-order valence-electron chi connectivity index (χ2n) is 4.01. The smallest absolute Gasteiger partial charge is 0.206 e. The minimum atomic E-state index is 0.350. The zero-order chi connectivity index (χ0) is 13.6. The van der Waals surface area contributed by atoms with E-state index in [1.54, 1.807) is 22.8 Å². The molecule has 3 nitrogen and oxygen atoms in total. The third-order valence-corrected chi connectivity index (χ3v) is 3.91. The van der Waals surface area contributed by atoms with Gasteiger partial charge in [0, 0.05) is 4.47 Å². The molecule has 96 valence electrons. The van der Waals surface area contributed by atoms with Gasteiger partial charge in [-0.15, -0.1) is 0 Å². The highest BCUT2D eigenvalue weighted by Crippen LogP contribution is 2.33. The molecule has 0 amide bonds. The number of halogens is 3. The number of imidazole rings is 1. The molecular weight excluding hydrogens is 349 g/mol. The van der Waals surface area contributed by atoms with Gasteiger partial charge in [0.15, 0.2) is 0 Å². The van der Waals surface area contributed by atoms with Gasteiger partial charge in [-0.2, -0.15) is 0 Å². The van der Waals surface area contributed by atoms with Crippen molar-refractivity contribution < 1.29 is 0 Å². The fourth-order valence-corrected chi connectivity index (χ4v) is 2.93. The van der Waals surface area contributed by atoms with Crippen LogP contribution in [0, 0.1) is 0 Å². The lowest BCUT2D eigenvalue weighted by molar-refractivity contribution is 1.11. The van der Waals surface area contributed by atoms with Crippen molar-refractivity contribution in [3.63, 3.8) is 0 Å². The fourth-order valence-electron chi connectivity index (χ4n) is 2.01. The van der Waals surface area contributed by atoms with E-state index in [1.807, 2.05) is 18.2 Å². The van der Waals surface area contributed by atoms with Crippen molar-refractivity contribution in [3.05, 3.63) is 50.9 Å². The number of nitrogen functional groups attached to an aromatic ring is 1. The molecule has 0 unspecified atom stereocenters. The Morgan fingerprint density at radius 1 is 1.11 bits per heavy atom. The predicted molar refractivity (Wildman–Crippen MR) is 83.2 cm³/mol. The Kier molecular flexibility index (Phi) is 3.17. The first-order chi connectivity index (χ1) is 9.08. The Hall–Kier alpha value is -1.23. The highest BCUT2D eigenvalue weighted by atomic mass is 79.9. The van der Waals surface area contributed by atoms with Gasteiger partial charge in [0.25, 0.3) is 0 Å². The van der Waals surface area contributed by atoms with Crippen LogP contribution in [0.15, 0.2) is 40.9 Å². The van der Waals surface area contributed by atoms with Crippen molar-refractivity contribution in [1.82, 2.24) is 9.55 Å². The number of rotatable bonds is 1. The number of benzene rings is 2. The van der Waals surface area contributed by atoms with Crippen molar-refractivity contribution in [2.24, 2.45) is 0 Å². The van der Waals surface area contributed by atoms with Gasteiger partial charge >= 0.3 is 0 Å². The highest BCUT2D eigenvalue weighted by Gasteiger charge is 2.15. The molecule has 0 atom stereocenters. The molecule has 0 aliphatic heterocycles. The van der Waals surface area contributed by atoms with Crippen LogP contribution >= 0.6 is 39.1 Å². The molecule has 0 aliphatic carbocycles. The summed E-state index contributed by atoms with van der Waals surface area (Å²) in [4.78, 5) is 4.33. The zero-order valence-electron chi connectivity index (χ0n) is 9.57. The molecule has 0 radical (unpaired) electrons. The molecule has 0 saturated heterocycles. The highest BCUT2D eigenvalue weighted by molar-refractivity contribution is 9.10. The molecule has 1 heterocycles. The molecule has 0 spiro atoms. The van der Waals surface area contributed by atoms with Crippen LogP contribution in [0.3, 0.4) is 0 Å². The SMILES string of the molecule is Nc1nc2cc(Br)ccc2n1-c1c(Cl)cccc1Cl. The maximum Gasteiger partial charge on any atom is 0.206 e. The van der Waals surface area contributed by atoms with Crippen LogP contribution in [0.2, 0.25) is 10.0 Å². The van der Waals surface area contributed by atoms with Crippen molar-refractivity contribution >= 4 is 56.1 Å². The van der Waals surface area contributed by atoms with E-state index < -0.39 is 0 Å². The van der Waals surface area contributed by atoms with Gasteiger partial charge in [0.2, 0.25) is 5.95 Å². The Labute approximate surface area is 128 Å². The quantitative estimate of drug-likeness (QED) is 0.688. The third-order valence-electron chi connectivity index (χ3n) is 2.80. The summed E-state index contributed by atoms with van der Waals surface area (Å²) < 4.78 is 2.70. The minimum Gasteiger partial charge on any atom is -0.369 e. The maximum absolute atomic E-state index is 6.23. The van der Waals surface area contributed by atoms with Crippen LogP contribution in [0.1, 0.15) is 0 Å². The van der Waals surface area contributed by atoms with E-state index in [4.69, 9.17) is 28.9 Å². The Morgan fingerprint density at radius 3 is 2.47 bits per heavy atom. The van der Waals surface area contributed by atoms with Gasteiger partial charge in [-0.05, 0) is 30.3 Å². The Morgan fingerprint density at radius 2 is 1.79 bits per heavy atom. The van der Waals surface area contributed by atoms with E-state index in [-0.39, 0.29) is 0 Å². The van der Waals surface area contributed by atoms with Crippen LogP contribution in [0.25, 0.3) is 16.7 Å². The number of fused-ring (bicyclic) bond motifs is 1. The largest absolute Gasteiger partial charge is 0.369 e.